The Kier molecular flexibility index (Phi) is 5.14. The predicted octanol–water partition coefficient (Wildman–Crippen LogP) is 5.04. The molecular weight excluding hydrogens is 414 g/mol. The summed E-state index contributed by atoms with van der Waals surface area (Å²) in [6, 6.07) is 26.0. The second kappa shape index (κ2) is 8.28. The lowest BCUT2D eigenvalue weighted by atomic mass is 10.2. The molecule has 1 saturated heterocycles. The van der Waals surface area contributed by atoms with Crippen molar-refractivity contribution in [1.29, 1.82) is 0 Å². The van der Waals surface area contributed by atoms with E-state index in [1.54, 1.807) is 0 Å². The van der Waals surface area contributed by atoms with E-state index in [0.29, 0.717) is 0 Å². The Labute approximate surface area is 193 Å². The van der Waals surface area contributed by atoms with Gasteiger partial charge in [0.2, 0.25) is 0 Å². The largest absolute Gasteiger partial charge is 0.332 e. The van der Waals surface area contributed by atoms with Crippen LogP contribution in [0.2, 0.25) is 0 Å². The van der Waals surface area contributed by atoms with Crippen molar-refractivity contribution in [3.63, 3.8) is 0 Å². The van der Waals surface area contributed by atoms with Gasteiger partial charge in [-0.15, -0.1) is 0 Å². The van der Waals surface area contributed by atoms with Crippen LogP contribution in [0.3, 0.4) is 0 Å². The van der Waals surface area contributed by atoms with Crippen molar-refractivity contribution in [2.75, 3.05) is 38.1 Å². The molecule has 0 saturated carbocycles. The average molecular weight is 442 g/mol. The minimum Gasteiger partial charge on any atom is -0.332 e. The quantitative estimate of drug-likeness (QED) is 0.442. The molecule has 4 aromatic rings. The number of nitrogens with zero attached hydrogens (tertiary/aromatic N) is 5. The first-order chi connectivity index (χ1) is 15.8. The van der Waals surface area contributed by atoms with Gasteiger partial charge in [-0.05, 0) is 43.4 Å². The van der Waals surface area contributed by atoms with Crippen LogP contribution in [-0.4, -0.2) is 52.6 Å². The first-order valence-electron chi connectivity index (χ1n) is 11.2. The van der Waals surface area contributed by atoms with Gasteiger partial charge in [-0.25, -0.2) is 4.98 Å². The molecule has 1 aromatic heterocycles. The summed E-state index contributed by atoms with van der Waals surface area (Å²) in [4.78, 5) is 15.1. The van der Waals surface area contributed by atoms with E-state index >= 15 is 0 Å². The molecule has 6 rings (SSSR count). The number of anilines is 2. The van der Waals surface area contributed by atoms with Crippen LogP contribution >= 0.6 is 11.8 Å². The third kappa shape index (κ3) is 3.58. The van der Waals surface area contributed by atoms with Gasteiger partial charge in [-0.1, -0.05) is 48.2 Å². The van der Waals surface area contributed by atoms with Crippen molar-refractivity contribution in [2.45, 2.75) is 23.0 Å². The fourth-order valence-corrected chi connectivity index (χ4v) is 5.78. The van der Waals surface area contributed by atoms with E-state index < -0.39 is 0 Å². The van der Waals surface area contributed by atoms with Gasteiger partial charge in [0.15, 0.2) is 0 Å². The molecule has 2 aliphatic rings. The number of para-hydroxylation sites is 4. The highest BCUT2D eigenvalue weighted by Gasteiger charge is 2.25. The Bertz CT molecular complexity index is 1210. The number of hydrogen-bond donors (Lipinski definition) is 0. The zero-order valence-corrected chi connectivity index (χ0v) is 19.1. The summed E-state index contributed by atoms with van der Waals surface area (Å²) in [5.74, 6) is 1.11. The van der Waals surface area contributed by atoms with E-state index in [2.05, 4.69) is 99.1 Å². The van der Waals surface area contributed by atoms with Crippen molar-refractivity contribution < 1.29 is 0 Å². The van der Waals surface area contributed by atoms with Gasteiger partial charge in [0.1, 0.15) is 5.82 Å². The lowest BCUT2D eigenvalue weighted by Crippen LogP contribution is -2.45. The summed E-state index contributed by atoms with van der Waals surface area (Å²) < 4.78 is 2.42. The Morgan fingerprint density at radius 1 is 0.781 bits per heavy atom. The van der Waals surface area contributed by atoms with Crippen LogP contribution in [-0.2, 0) is 13.2 Å². The standard InChI is InChI=1S/C26H27N5S/c1-28-14-16-29(17-15-28)19-31-21-9-3-2-8-20(21)27-26(31)18-30-22-10-4-6-12-24(22)32-25-13-7-5-11-23(25)30/h2-13H,14-19H2,1H3. The molecule has 0 bridgehead atoms. The molecule has 0 N–H and O–H groups in total. The van der Waals surface area contributed by atoms with Crippen LogP contribution in [0.1, 0.15) is 5.82 Å². The summed E-state index contributed by atoms with van der Waals surface area (Å²) in [5.41, 5.74) is 4.81. The van der Waals surface area contributed by atoms with Crippen molar-refractivity contribution >= 4 is 34.2 Å². The SMILES string of the molecule is CN1CCN(Cn2c(CN3c4ccccc4Sc4ccccc43)nc3ccccc32)CC1. The zero-order valence-electron chi connectivity index (χ0n) is 18.3. The van der Waals surface area contributed by atoms with Crippen LogP contribution in [0.25, 0.3) is 11.0 Å². The van der Waals surface area contributed by atoms with Gasteiger partial charge in [0, 0.05) is 36.0 Å². The fourth-order valence-electron chi connectivity index (χ4n) is 4.69. The summed E-state index contributed by atoms with van der Waals surface area (Å²) in [5, 5.41) is 0. The fraction of sp³-hybridized carbons (Fsp3) is 0.269. The summed E-state index contributed by atoms with van der Waals surface area (Å²) >= 11 is 1.85. The number of likely N-dealkylation sites (N-methyl/N-ethyl adjacent to an activating group) is 1. The topological polar surface area (TPSA) is 27.5 Å². The Morgan fingerprint density at radius 3 is 2.12 bits per heavy atom. The second-order valence-electron chi connectivity index (χ2n) is 8.63. The van der Waals surface area contributed by atoms with Crippen molar-refractivity contribution in [3.8, 4) is 0 Å². The Balaban J connectivity index is 1.41. The minimum absolute atomic E-state index is 0.747. The van der Waals surface area contributed by atoms with Gasteiger partial charge in [-0.3, -0.25) is 4.90 Å². The second-order valence-corrected chi connectivity index (χ2v) is 9.71. The highest BCUT2D eigenvalue weighted by atomic mass is 32.2. The predicted molar refractivity (Wildman–Crippen MR) is 132 cm³/mol. The molecule has 3 aromatic carbocycles. The first kappa shape index (κ1) is 19.9. The van der Waals surface area contributed by atoms with Crippen LogP contribution in [0, 0.1) is 0 Å². The maximum Gasteiger partial charge on any atom is 0.131 e. The molecule has 0 atom stereocenters. The van der Waals surface area contributed by atoms with Crippen molar-refractivity contribution in [3.05, 3.63) is 78.6 Å². The molecule has 6 heteroatoms. The molecule has 0 unspecified atom stereocenters. The highest BCUT2D eigenvalue weighted by molar-refractivity contribution is 7.99. The summed E-state index contributed by atoms with van der Waals surface area (Å²) in [6.45, 7) is 6.05. The normalized spacial score (nSPS) is 16.8. The maximum atomic E-state index is 5.11. The number of benzene rings is 3. The number of rotatable bonds is 4. The molecule has 0 amide bonds. The van der Waals surface area contributed by atoms with E-state index in [0.717, 1.165) is 50.7 Å². The van der Waals surface area contributed by atoms with Gasteiger partial charge < -0.3 is 14.4 Å². The number of fused-ring (bicyclic) bond motifs is 3. The maximum absolute atomic E-state index is 5.11. The highest BCUT2D eigenvalue weighted by Crippen LogP contribution is 2.48. The molecule has 0 spiro atoms. The number of piperazine rings is 1. The monoisotopic (exact) mass is 441 g/mol. The summed E-state index contributed by atoms with van der Waals surface area (Å²) in [6.07, 6.45) is 0. The van der Waals surface area contributed by atoms with Gasteiger partial charge in [-0.2, -0.15) is 0 Å². The van der Waals surface area contributed by atoms with Crippen molar-refractivity contribution in [1.82, 2.24) is 19.4 Å². The molecule has 5 nitrogen and oxygen atoms in total. The van der Waals surface area contributed by atoms with Crippen molar-refractivity contribution in [2.24, 2.45) is 0 Å². The zero-order chi connectivity index (χ0) is 21.5. The molecule has 1 fully saturated rings. The number of hydrogen-bond acceptors (Lipinski definition) is 5. The molecule has 3 heterocycles. The molecule has 32 heavy (non-hydrogen) atoms. The molecule has 2 aliphatic heterocycles. The third-order valence-corrected chi connectivity index (χ3v) is 7.63. The van der Waals surface area contributed by atoms with Crippen LogP contribution in [0.5, 0.6) is 0 Å². The average Bonchev–Trinajstić information content (AvgIpc) is 3.17. The van der Waals surface area contributed by atoms with E-state index in [-0.39, 0.29) is 0 Å². The molecule has 162 valence electrons. The Hall–Kier alpha value is -2.80. The first-order valence-corrected chi connectivity index (χ1v) is 12.1. The number of aromatic nitrogens is 2. The third-order valence-electron chi connectivity index (χ3n) is 6.50. The smallest absolute Gasteiger partial charge is 0.131 e. The van der Waals surface area contributed by atoms with Gasteiger partial charge in [0.25, 0.3) is 0 Å². The summed E-state index contributed by atoms with van der Waals surface area (Å²) in [7, 11) is 2.21. The van der Waals surface area contributed by atoms with Gasteiger partial charge in [0.05, 0.1) is 35.6 Å². The van der Waals surface area contributed by atoms with E-state index in [9.17, 15) is 0 Å². The van der Waals surface area contributed by atoms with Crippen LogP contribution < -0.4 is 4.90 Å². The van der Waals surface area contributed by atoms with E-state index in [1.807, 2.05) is 11.8 Å². The lowest BCUT2D eigenvalue weighted by molar-refractivity contribution is 0.125. The minimum atomic E-state index is 0.747. The van der Waals surface area contributed by atoms with Crippen LogP contribution in [0.15, 0.2) is 82.6 Å². The molecule has 0 aliphatic carbocycles. The molecular formula is C26H27N5S. The molecule has 0 radical (unpaired) electrons. The lowest BCUT2D eigenvalue weighted by Gasteiger charge is -2.34. The van der Waals surface area contributed by atoms with E-state index in [1.165, 1.54) is 26.7 Å². The number of imidazole rings is 1. The van der Waals surface area contributed by atoms with E-state index in [4.69, 9.17) is 4.98 Å². The van der Waals surface area contributed by atoms with Crippen LogP contribution in [0.4, 0.5) is 11.4 Å². The van der Waals surface area contributed by atoms with Gasteiger partial charge >= 0.3 is 0 Å². The Morgan fingerprint density at radius 2 is 1.41 bits per heavy atom.